The fourth-order valence-corrected chi connectivity index (χ4v) is 3.00. The summed E-state index contributed by atoms with van der Waals surface area (Å²) < 4.78 is 7.36. The lowest BCUT2D eigenvalue weighted by molar-refractivity contribution is 0.0159. The minimum atomic E-state index is -0.219. The van der Waals surface area contributed by atoms with Crippen molar-refractivity contribution < 1.29 is 4.74 Å². The van der Waals surface area contributed by atoms with Gasteiger partial charge in [-0.25, -0.2) is 0 Å². The highest BCUT2D eigenvalue weighted by Gasteiger charge is 2.17. The number of hydrogen-bond donors (Lipinski definition) is 0. The normalized spacial score (nSPS) is 12.3. The molecule has 1 atom stereocenters. The van der Waals surface area contributed by atoms with Crippen LogP contribution in [0.25, 0.3) is 22.5 Å². The Balaban J connectivity index is 2.05. The molecule has 1 heterocycles. The molecule has 0 fully saturated rings. The first-order valence-corrected chi connectivity index (χ1v) is 9.01. The van der Waals surface area contributed by atoms with Crippen LogP contribution in [0.3, 0.4) is 0 Å². The lowest BCUT2D eigenvalue weighted by Gasteiger charge is -2.15. The summed E-state index contributed by atoms with van der Waals surface area (Å²) in [7, 11) is 0. The first-order valence-electron chi connectivity index (χ1n) is 7.88. The molecule has 0 saturated heterocycles. The number of aromatic nitrogens is 4. The SMILES string of the molecule is CCOC(C)n1nnnc1-c1ccccc1-c1ccc(CBr)cc1. The molecule has 0 saturated carbocycles. The number of benzene rings is 2. The van der Waals surface area contributed by atoms with Crippen molar-refractivity contribution in [3.63, 3.8) is 0 Å². The number of tetrazole rings is 1. The average molecular weight is 387 g/mol. The Labute approximate surface area is 149 Å². The number of alkyl halides is 1. The average Bonchev–Trinajstić information content (AvgIpc) is 3.12. The molecule has 24 heavy (non-hydrogen) atoms. The van der Waals surface area contributed by atoms with Crippen LogP contribution in [0.2, 0.25) is 0 Å². The van der Waals surface area contributed by atoms with E-state index in [0.717, 1.165) is 22.0 Å². The summed E-state index contributed by atoms with van der Waals surface area (Å²) in [5, 5.41) is 13.0. The monoisotopic (exact) mass is 386 g/mol. The Bertz CT molecular complexity index is 801. The first-order chi connectivity index (χ1) is 11.7. The fraction of sp³-hybridized carbons (Fsp3) is 0.278. The molecule has 3 rings (SSSR count). The van der Waals surface area contributed by atoms with E-state index in [1.54, 1.807) is 4.68 Å². The largest absolute Gasteiger partial charge is 0.357 e. The van der Waals surface area contributed by atoms with Gasteiger partial charge in [-0.3, -0.25) is 0 Å². The van der Waals surface area contributed by atoms with Crippen LogP contribution in [0.15, 0.2) is 48.5 Å². The second-order valence-corrected chi connectivity index (χ2v) is 5.94. The fourth-order valence-electron chi connectivity index (χ4n) is 2.63. The lowest BCUT2D eigenvalue weighted by atomic mass is 9.98. The van der Waals surface area contributed by atoms with Crippen molar-refractivity contribution in [2.24, 2.45) is 0 Å². The number of hydrogen-bond acceptors (Lipinski definition) is 4. The third-order valence-corrected chi connectivity index (χ3v) is 4.48. The molecule has 6 heteroatoms. The molecule has 124 valence electrons. The Kier molecular flexibility index (Phi) is 5.37. The Morgan fingerprint density at radius 3 is 2.46 bits per heavy atom. The highest BCUT2D eigenvalue weighted by Crippen LogP contribution is 2.31. The predicted octanol–water partition coefficient (Wildman–Crippen LogP) is 4.46. The van der Waals surface area contributed by atoms with Gasteiger partial charge in [0.2, 0.25) is 0 Å². The molecule has 0 aliphatic carbocycles. The van der Waals surface area contributed by atoms with Gasteiger partial charge in [-0.2, -0.15) is 4.68 Å². The first kappa shape index (κ1) is 16.8. The molecular formula is C18H19BrN4O. The Hall–Kier alpha value is -2.05. The second-order valence-electron chi connectivity index (χ2n) is 5.38. The summed E-state index contributed by atoms with van der Waals surface area (Å²) >= 11 is 3.48. The summed E-state index contributed by atoms with van der Waals surface area (Å²) in [4.78, 5) is 0. The molecule has 5 nitrogen and oxygen atoms in total. The summed E-state index contributed by atoms with van der Waals surface area (Å²) in [6, 6.07) is 16.6. The highest BCUT2D eigenvalue weighted by atomic mass is 79.9. The maximum atomic E-state index is 5.64. The van der Waals surface area contributed by atoms with E-state index in [1.165, 1.54) is 5.56 Å². The zero-order valence-corrected chi connectivity index (χ0v) is 15.3. The molecule has 0 aliphatic heterocycles. The van der Waals surface area contributed by atoms with Gasteiger partial charge in [0.25, 0.3) is 0 Å². The van der Waals surface area contributed by atoms with E-state index in [4.69, 9.17) is 4.74 Å². The molecule has 1 unspecified atom stereocenters. The molecule has 0 bridgehead atoms. The van der Waals surface area contributed by atoms with Crippen molar-refractivity contribution in [2.75, 3.05) is 6.61 Å². The van der Waals surface area contributed by atoms with E-state index >= 15 is 0 Å². The topological polar surface area (TPSA) is 52.8 Å². The van der Waals surface area contributed by atoms with Gasteiger partial charge in [-0.1, -0.05) is 64.5 Å². The van der Waals surface area contributed by atoms with E-state index in [0.29, 0.717) is 12.4 Å². The van der Waals surface area contributed by atoms with Gasteiger partial charge in [0.05, 0.1) is 0 Å². The minimum Gasteiger partial charge on any atom is -0.357 e. The molecule has 1 aromatic heterocycles. The van der Waals surface area contributed by atoms with Crippen LogP contribution < -0.4 is 0 Å². The van der Waals surface area contributed by atoms with Gasteiger partial charge in [-0.05, 0) is 41.0 Å². The molecule has 0 spiro atoms. The van der Waals surface area contributed by atoms with Crippen LogP contribution in [-0.2, 0) is 10.1 Å². The molecular weight excluding hydrogens is 368 g/mol. The third kappa shape index (κ3) is 3.39. The summed E-state index contributed by atoms with van der Waals surface area (Å²) in [6.07, 6.45) is -0.219. The molecule has 3 aromatic rings. The van der Waals surface area contributed by atoms with Crippen molar-refractivity contribution in [1.82, 2.24) is 20.2 Å². The number of rotatable bonds is 6. The Morgan fingerprint density at radius 1 is 1.08 bits per heavy atom. The van der Waals surface area contributed by atoms with Crippen LogP contribution in [0, 0.1) is 0 Å². The molecule has 0 radical (unpaired) electrons. The molecule has 0 N–H and O–H groups in total. The van der Waals surface area contributed by atoms with E-state index < -0.39 is 0 Å². The van der Waals surface area contributed by atoms with Crippen LogP contribution in [0.5, 0.6) is 0 Å². The predicted molar refractivity (Wildman–Crippen MR) is 97.7 cm³/mol. The van der Waals surface area contributed by atoms with E-state index in [2.05, 4.69) is 61.8 Å². The maximum absolute atomic E-state index is 5.64. The van der Waals surface area contributed by atoms with Gasteiger partial charge >= 0.3 is 0 Å². The van der Waals surface area contributed by atoms with Crippen LogP contribution in [0.1, 0.15) is 25.6 Å². The number of nitrogens with zero attached hydrogens (tertiary/aromatic N) is 4. The third-order valence-electron chi connectivity index (χ3n) is 3.83. The van der Waals surface area contributed by atoms with Crippen molar-refractivity contribution in [2.45, 2.75) is 25.4 Å². The standard InChI is InChI=1S/C18H19BrN4O/c1-3-24-13(2)23-18(20-21-22-23)17-7-5-4-6-16(17)15-10-8-14(12-19)9-11-15/h4-11,13H,3,12H2,1-2H3. The highest BCUT2D eigenvalue weighted by molar-refractivity contribution is 9.08. The second kappa shape index (κ2) is 7.68. The van der Waals surface area contributed by atoms with E-state index in [1.807, 2.05) is 32.0 Å². The maximum Gasteiger partial charge on any atom is 0.185 e. The van der Waals surface area contributed by atoms with Crippen molar-refractivity contribution in [1.29, 1.82) is 0 Å². The smallest absolute Gasteiger partial charge is 0.185 e. The minimum absolute atomic E-state index is 0.219. The van der Waals surface area contributed by atoms with Crippen molar-refractivity contribution in [3.05, 3.63) is 54.1 Å². The molecule has 2 aromatic carbocycles. The lowest BCUT2D eigenvalue weighted by Crippen LogP contribution is -2.12. The summed E-state index contributed by atoms with van der Waals surface area (Å²) in [5.74, 6) is 0.705. The van der Waals surface area contributed by atoms with Crippen LogP contribution >= 0.6 is 15.9 Å². The Morgan fingerprint density at radius 2 is 1.79 bits per heavy atom. The molecule has 0 amide bonds. The van der Waals surface area contributed by atoms with Gasteiger partial charge in [-0.15, -0.1) is 5.10 Å². The summed E-state index contributed by atoms with van der Waals surface area (Å²) in [6.45, 7) is 4.51. The van der Waals surface area contributed by atoms with Crippen LogP contribution in [-0.4, -0.2) is 26.8 Å². The molecule has 0 aliphatic rings. The summed E-state index contributed by atoms with van der Waals surface area (Å²) in [5.41, 5.74) is 4.46. The van der Waals surface area contributed by atoms with Crippen molar-refractivity contribution >= 4 is 15.9 Å². The van der Waals surface area contributed by atoms with E-state index in [9.17, 15) is 0 Å². The number of halogens is 1. The quantitative estimate of drug-likeness (QED) is 0.586. The van der Waals surface area contributed by atoms with Gasteiger partial charge in [0.15, 0.2) is 12.1 Å². The van der Waals surface area contributed by atoms with E-state index in [-0.39, 0.29) is 6.23 Å². The van der Waals surface area contributed by atoms with Gasteiger partial charge < -0.3 is 4.74 Å². The van der Waals surface area contributed by atoms with Crippen molar-refractivity contribution in [3.8, 4) is 22.5 Å². The number of ether oxygens (including phenoxy) is 1. The zero-order valence-electron chi connectivity index (χ0n) is 13.7. The van der Waals surface area contributed by atoms with Gasteiger partial charge in [0.1, 0.15) is 0 Å². The van der Waals surface area contributed by atoms with Gasteiger partial charge in [0, 0.05) is 17.5 Å². The zero-order chi connectivity index (χ0) is 16.9. The van der Waals surface area contributed by atoms with Crippen LogP contribution in [0.4, 0.5) is 0 Å².